The van der Waals surface area contributed by atoms with Crippen molar-refractivity contribution >= 4 is 0 Å². The first-order chi connectivity index (χ1) is 7.20. The van der Waals surface area contributed by atoms with Gasteiger partial charge in [-0.1, -0.05) is 6.92 Å². The lowest BCUT2D eigenvalue weighted by Gasteiger charge is -2.19. The first-order valence-electron chi connectivity index (χ1n) is 5.40. The van der Waals surface area contributed by atoms with Crippen molar-refractivity contribution in [2.45, 2.75) is 26.8 Å². The van der Waals surface area contributed by atoms with Gasteiger partial charge in [0, 0.05) is 19.3 Å². The molecule has 15 heavy (non-hydrogen) atoms. The first kappa shape index (κ1) is 12.2. The van der Waals surface area contributed by atoms with Crippen LogP contribution in [0, 0.1) is 13.8 Å². The van der Waals surface area contributed by atoms with Crippen LogP contribution in [-0.2, 0) is 4.74 Å². The second-order valence-corrected chi connectivity index (χ2v) is 3.74. The summed E-state index contributed by atoms with van der Waals surface area (Å²) in [7, 11) is 1.73. The number of aryl methyl sites for hydroxylation is 1. The number of likely N-dealkylation sites (N-methyl/N-ethyl adjacent to an activating group) is 1. The number of rotatable bonds is 6. The van der Waals surface area contributed by atoms with E-state index in [9.17, 15) is 0 Å². The topological polar surface area (TPSA) is 39.1 Å². The Kier molecular flexibility index (Phi) is 4.78. The molecule has 1 atom stereocenters. The van der Waals surface area contributed by atoms with E-state index in [0.29, 0.717) is 12.6 Å². The maximum Gasteiger partial charge on any atom is 0.0955 e. The summed E-state index contributed by atoms with van der Waals surface area (Å²) < 4.78 is 7.41. The molecule has 0 spiro atoms. The van der Waals surface area contributed by atoms with Crippen molar-refractivity contribution in [3.63, 3.8) is 0 Å². The lowest BCUT2D eigenvalue weighted by atomic mass is 10.2. The molecule has 0 amide bonds. The highest BCUT2D eigenvalue weighted by Gasteiger charge is 2.13. The number of hydrogen-bond donors (Lipinski definition) is 1. The van der Waals surface area contributed by atoms with Crippen molar-refractivity contribution in [2.24, 2.45) is 0 Å². The van der Waals surface area contributed by atoms with Gasteiger partial charge in [0.15, 0.2) is 0 Å². The molecule has 0 radical (unpaired) electrons. The molecule has 1 aromatic heterocycles. The van der Waals surface area contributed by atoms with Gasteiger partial charge in [-0.25, -0.2) is 4.98 Å². The largest absolute Gasteiger partial charge is 0.382 e. The monoisotopic (exact) mass is 211 g/mol. The average Bonchev–Trinajstić information content (AvgIpc) is 2.55. The predicted octanol–water partition coefficient (Wildman–Crippen LogP) is 1.30. The Hall–Kier alpha value is -0.870. The van der Waals surface area contributed by atoms with Crippen LogP contribution in [0.4, 0.5) is 0 Å². The smallest absolute Gasteiger partial charge is 0.0955 e. The molecule has 0 saturated carbocycles. The zero-order valence-corrected chi connectivity index (χ0v) is 10.1. The van der Waals surface area contributed by atoms with Gasteiger partial charge in [-0.3, -0.25) is 0 Å². The summed E-state index contributed by atoms with van der Waals surface area (Å²) in [5.41, 5.74) is 2.31. The standard InChI is InChI=1S/C11H21N3O/c1-5-12-6-11(7-15-4)14-8-13-9(2)10(14)3/h8,11-12H,5-7H2,1-4H3. The number of methoxy groups -OCH3 is 1. The number of aromatic nitrogens is 2. The van der Waals surface area contributed by atoms with Crippen LogP contribution in [0.5, 0.6) is 0 Å². The van der Waals surface area contributed by atoms with Gasteiger partial charge >= 0.3 is 0 Å². The van der Waals surface area contributed by atoms with Crippen LogP contribution in [-0.4, -0.2) is 36.4 Å². The normalized spacial score (nSPS) is 13.1. The van der Waals surface area contributed by atoms with E-state index >= 15 is 0 Å². The minimum atomic E-state index is 0.330. The van der Waals surface area contributed by atoms with Gasteiger partial charge in [-0.2, -0.15) is 0 Å². The van der Waals surface area contributed by atoms with E-state index in [1.807, 2.05) is 13.3 Å². The van der Waals surface area contributed by atoms with Crippen LogP contribution in [0.2, 0.25) is 0 Å². The van der Waals surface area contributed by atoms with Gasteiger partial charge < -0.3 is 14.6 Å². The molecule has 0 aliphatic heterocycles. The summed E-state index contributed by atoms with van der Waals surface area (Å²) in [6, 6.07) is 0.330. The highest BCUT2D eigenvalue weighted by molar-refractivity contribution is 5.09. The molecule has 0 aliphatic rings. The summed E-state index contributed by atoms with van der Waals surface area (Å²) in [6.45, 7) is 8.84. The van der Waals surface area contributed by atoms with E-state index in [2.05, 4.69) is 28.7 Å². The molecule has 1 heterocycles. The molecule has 0 fully saturated rings. The fourth-order valence-electron chi connectivity index (χ4n) is 1.62. The maximum absolute atomic E-state index is 5.23. The Balaban J connectivity index is 2.74. The Bertz CT molecular complexity index is 296. The van der Waals surface area contributed by atoms with Crippen LogP contribution in [0.1, 0.15) is 24.4 Å². The van der Waals surface area contributed by atoms with Crippen molar-refractivity contribution in [2.75, 3.05) is 26.8 Å². The first-order valence-corrected chi connectivity index (χ1v) is 5.40. The van der Waals surface area contributed by atoms with Crippen LogP contribution in [0.3, 0.4) is 0 Å². The van der Waals surface area contributed by atoms with Crippen molar-refractivity contribution < 1.29 is 4.74 Å². The summed E-state index contributed by atoms with van der Waals surface area (Å²) in [5.74, 6) is 0. The molecular formula is C11H21N3O. The molecule has 86 valence electrons. The zero-order valence-electron chi connectivity index (χ0n) is 10.1. The van der Waals surface area contributed by atoms with Gasteiger partial charge in [-0.05, 0) is 20.4 Å². The summed E-state index contributed by atoms with van der Waals surface area (Å²) in [6.07, 6.45) is 1.89. The minimum Gasteiger partial charge on any atom is -0.382 e. The second kappa shape index (κ2) is 5.88. The Morgan fingerprint density at radius 3 is 2.73 bits per heavy atom. The molecule has 4 nitrogen and oxygen atoms in total. The van der Waals surface area contributed by atoms with Gasteiger partial charge in [0.25, 0.3) is 0 Å². The quantitative estimate of drug-likeness (QED) is 0.771. The van der Waals surface area contributed by atoms with E-state index < -0.39 is 0 Å². The molecule has 1 unspecified atom stereocenters. The second-order valence-electron chi connectivity index (χ2n) is 3.74. The summed E-state index contributed by atoms with van der Waals surface area (Å²) in [4.78, 5) is 4.31. The number of imidazole rings is 1. The highest BCUT2D eigenvalue weighted by atomic mass is 16.5. The maximum atomic E-state index is 5.23. The molecule has 4 heteroatoms. The van der Waals surface area contributed by atoms with Crippen LogP contribution >= 0.6 is 0 Å². The zero-order chi connectivity index (χ0) is 11.3. The molecule has 1 N–H and O–H groups in total. The van der Waals surface area contributed by atoms with Crippen molar-refractivity contribution in [3.05, 3.63) is 17.7 Å². The fourth-order valence-corrected chi connectivity index (χ4v) is 1.62. The molecule has 0 aromatic carbocycles. The lowest BCUT2D eigenvalue weighted by Crippen LogP contribution is -2.28. The number of nitrogens with zero attached hydrogens (tertiary/aromatic N) is 2. The number of ether oxygens (including phenoxy) is 1. The minimum absolute atomic E-state index is 0.330. The molecular weight excluding hydrogens is 190 g/mol. The SMILES string of the molecule is CCNCC(COC)n1cnc(C)c1C. The third kappa shape index (κ3) is 3.04. The van der Waals surface area contributed by atoms with E-state index in [0.717, 1.165) is 18.8 Å². The van der Waals surface area contributed by atoms with E-state index in [-0.39, 0.29) is 0 Å². The molecule has 0 bridgehead atoms. The highest BCUT2D eigenvalue weighted by Crippen LogP contribution is 2.12. The average molecular weight is 211 g/mol. The van der Waals surface area contributed by atoms with E-state index in [1.165, 1.54) is 5.69 Å². The van der Waals surface area contributed by atoms with Gasteiger partial charge in [0.05, 0.1) is 24.7 Å². The molecule has 0 saturated heterocycles. The molecule has 1 rings (SSSR count). The van der Waals surface area contributed by atoms with Gasteiger partial charge in [0.1, 0.15) is 0 Å². The third-order valence-corrected chi connectivity index (χ3v) is 2.67. The van der Waals surface area contributed by atoms with Crippen molar-refractivity contribution in [1.82, 2.24) is 14.9 Å². The number of nitrogens with one attached hydrogen (secondary N) is 1. The molecule has 1 aromatic rings. The summed E-state index contributed by atoms with van der Waals surface area (Å²) in [5, 5.41) is 3.34. The Morgan fingerprint density at radius 2 is 2.27 bits per heavy atom. The van der Waals surface area contributed by atoms with Crippen LogP contribution in [0.25, 0.3) is 0 Å². The fraction of sp³-hybridized carbons (Fsp3) is 0.727. The Labute approximate surface area is 91.7 Å². The molecule has 0 aliphatic carbocycles. The van der Waals surface area contributed by atoms with Gasteiger partial charge in [0.2, 0.25) is 0 Å². The number of hydrogen-bond acceptors (Lipinski definition) is 3. The van der Waals surface area contributed by atoms with Crippen molar-refractivity contribution in [1.29, 1.82) is 0 Å². The lowest BCUT2D eigenvalue weighted by molar-refractivity contribution is 0.153. The summed E-state index contributed by atoms with van der Waals surface area (Å²) >= 11 is 0. The Morgan fingerprint density at radius 1 is 1.53 bits per heavy atom. The van der Waals surface area contributed by atoms with Gasteiger partial charge in [-0.15, -0.1) is 0 Å². The third-order valence-electron chi connectivity index (χ3n) is 2.67. The van der Waals surface area contributed by atoms with Crippen LogP contribution in [0.15, 0.2) is 6.33 Å². The van der Waals surface area contributed by atoms with E-state index in [1.54, 1.807) is 7.11 Å². The van der Waals surface area contributed by atoms with E-state index in [4.69, 9.17) is 4.74 Å². The van der Waals surface area contributed by atoms with Crippen LogP contribution < -0.4 is 5.32 Å². The predicted molar refractivity (Wildman–Crippen MR) is 61.2 cm³/mol. The van der Waals surface area contributed by atoms with Crippen molar-refractivity contribution in [3.8, 4) is 0 Å².